The molecule has 5 heteroatoms. The van der Waals surface area contributed by atoms with Crippen LogP contribution >= 0.6 is 0 Å². The molecule has 1 atom stereocenters. The molecule has 0 spiro atoms. The molecule has 2 aromatic rings. The molecular weight excluding hydrogens is 340 g/mol. The van der Waals surface area contributed by atoms with Crippen molar-refractivity contribution in [3.8, 4) is 5.75 Å². The maximum Gasteiger partial charge on any atom is 0.262 e. The molecule has 3 rings (SSSR count). The Hall–Kier alpha value is -2.82. The number of benzene rings is 2. The average molecular weight is 366 g/mol. The molecule has 1 saturated carbocycles. The molecule has 0 saturated heterocycles. The van der Waals surface area contributed by atoms with Crippen molar-refractivity contribution in [2.45, 2.75) is 39.0 Å². The number of carbonyl (C=O) groups excluding carboxylic acids is 2. The monoisotopic (exact) mass is 366 g/mol. The topological polar surface area (TPSA) is 67.4 Å². The van der Waals surface area contributed by atoms with E-state index in [0.717, 1.165) is 30.6 Å². The van der Waals surface area contributed by atoms with Gasteiger partial charge in [-0.15, -0.1) is 0 Å². The highest BCUT2D eigenvalue weighted by atomic mass is 16.5. The first kappa shape index (κ1) is 19.0. The smallest absolute Gasteiger partial charge is 0.262 e. The average Bonchev–Trinajstić information content (AvgIpc) is 3.51. The molecule has 5 nitrogen and oxygen atoms in total. The Balaban J connectivity index is 1.56. The van der Waals surface area contributed by atoms with Gasteiger partial charge in [0.15, 0.2) is 6.61 Å². The first-order valence-corrected chi connectivity index (χ1v) is 9.49. The highest BCUT2D eigenvalue weighted by molar-refractivity contribution is 5.96. The van der Waals surface area contributed by atoms with E-state index in [4.69, 9.17) is 4.74 Å². The Kier molecular flexibility index (Phi) is 6.12. The third-order valence-electron chi connectivity index (χ3n) is 4.78. The molecule has 0 aromatic heterocycles. The summed E-state index contributed by atoms with van der Waals surface area (Å²) in [6, 6.07) is 15.0. The molecule has 0 aliphatic heterocycles. The van der Waals surface area contributed by atoms with Gasteiger partial charge in [-0.25, -0.2) is 0 Å². The van der Waals surface area contributed by atoms with Crippen LogP contribution in [-0.2, 0) is 9.59 Å². The number of amides is 2. The number of hydrogen-bond acceptors (Lipinski definition) is 3. The van der Waals surface area contributed by atoms with Gasteiger partial charge in [0.2, 0.25) is 5.91 Å². The van der Waals surface area contributed by atoms with Gasteiger partial charge in [0.25, 0.3) is 5.91 Å². The van der Waals surface area contributed by atoms with Crippen LogP contribution in [0.4, 0.5) is 11.4 Å². The summed E-state index contributed by atoms with van der Waals surface area (Å²) in [6.07, 6.45) is 2.92. The Morgan fingerprint density at radius 2 is 1.78 bits per heavy atom. The molecule has 142 valence electrons. The van der Waals surface area contributed by atoms with E-state index >= 15 is 0 Å². The van der Waals surface area contributed by atoms with Gasteiger partial charge in [0, 0.05) is 17.3 Å². The lowest BCUT2D eigenvalue weighted by Crippen LogP contribution is -2.21. The molecule has 2 N–H and O–H groups in total. The van der Waals surface area contributed by atoms with Gasteiger partial charge >= 0.3 is 0 Å². The molecule has 2 amide bonds. The van der Waals surface area contributed by atoms with E-state index in [0.29, 0.717) is 17.3 Å². The van der Waals surface area contributed by atoms with Crippen LogP contribution in [0.2, 0.25) is 0 Å². The molecule has 1 aliphatic carbocycles. The second-order valence-electron chi connectivity index (χ2n) is 7.03. The summed E-state index contributed by atoms with van der Waals surface area (Å²) in [7, 11) is 0. The Morgan fingerprint density at radius 3 is 2.48 bits per heavy atom. The summed E-state index contributed by atoms with van der Waals surface area (Å²) in [4.78, 5) is 24.1. The first-order valence-electron chi connectivity index (χ1n) is 9.49. The van der Waals surface area contributed by atoms with Gasteiger partial charge in [-0.1, -0.05) is 38.1 Å². The van der Waals surface area contributed by atoms with Crippen LogP contribution in [-0.4, -0.2) is 18.4 Å². The maximum atomic E-state index is 12.3. The van der Waals surface area contributed by atoms with Crippen molar-refractivity contribution < 1.29 is 14.3 Å². The van der Waals surface area contributed by atoms with Gasteiger partial charge in [-0.05, 0) is 55.0 Å². The standard InChI is InChI=1S/C22H26N2O3/c1-3-15(2)19-9-4-5-10-20(19)27-14-21(25)23-17-7-6-8-18(13-17)24-22(26)16-11-12-16/h4-10,13,15-16H,3,11-12,14H2,1-2H3,(H,23,25)(H,24,26). The number of ether oxygens (including phenoxy) is 1. The number of para-hydroxylation sites is 1. The molecule has 0 heterocycles. The maximum absolute atomic E-state index is 12.3. The highest BCUT2D eigenvalue weighted by Gasteiger charge is 2.29. The zero-order chi connectivity index (χ0) is 19.2. The highest BCUT2D eigenvalue weighted by Crippen LogP contribution is 2.30. The van der Waals surface area contributed by atoms with Crippen molar-refractivity contribution >= 4 is 23.2 Å². The number of nitrogens with one attached hydrogen (secondary N) is 2. The first-order chi connectivity index (χ1) is 13.1. The predicted octanol–water partition coefficient (Wildman–Crippen LogP) is 4.57. The summed E-state index contributed by atoms with van der Waals surface area (Å²) in [5.74, 6) is 1.06. The molecule has 1 aliphatic rings. The van der Waals surface area contributed by atoms with Crippen LogP contribution in [0.1, 0.15) is 44.6 Å². The quantitative estimate of drug-likeness (QED) is 0.719. The van der Waals surface area contributed by atoms with Crippen molar-refractivity contribution in [1.82, 2.24) is 0 Å². The van der Waals surface area contributed by atoms with Crippen LogP contribution in [0.25, 0.3) is 0 Å². The Morgan fingerprint density at radius 1 is 1.07 bits per heavy atom. The van der Waals surface area contributed by atoms with Crippen LogP contribution in [0.5, 0.6) is 5.75 Å². The molecular formula is C22H26N2O3. The summed E-state index contributed by atoms with van der Waals surface area (Å²) in [5.41, 5.74) is 2.43. The van der Waals surface area contributed by atoms with Crippen LogP contribution in [0, 0.1) is 5.92 Å². The number of carbonyl (C=O) groups is 2. The van der Waals surface area contributed by atoms with Gasteiger partial charge < -0.3 is 15.4 Å². The van der Waals surface area contributed by atoms with E-state index in [2.05, 4.69) is 24.5 Å². The molecule has 0 bridgehead atoms. The van der Waals surface area contributed by atoms with E-state index in [9.17, 15) is 9.59 Å². The second kappa shape index (κ2) is 8.71. The SMILES string of the molecule is CCC(C)c1ccccc1OCC(=O)Nc1cccc(NC(=O)C2CC2)c1. The Labute approximate surface area is 160 Å². The van der Waals surface area contributed by atoms with Crippen molar-refractivity contribution in [3.63, 3.8) is 0 Å². The lowest BCUT2D eigenvalue weighted by Gasteiger charge is -2.15. The molecule has 1 fully saturated rings. The number of rotatable bonds is 8. The van der Waals surface area contributed by atoms with Gasteiger partial charge in [-0.3, -0.25) is 9.59 Å². The summed E-state index contributed by atoms with van der Waals surface area (Å²) >= 11 is 0. The fourth-order valence-electron chi connectivity index (χ4n) is 2.84. The molecule has 2 aromatic carbocycles. The summed E-state index contributed by atoms with van der Waals surface area (Å²) in [6.45, 7) is 4.21. The third kappa shape index (κ3) is 5.33. The predicted molar refractivity (Wildman–Crippen MR) is 107 cm³/mol. The lowest BCUT2D eigenvalue weighted by atomic mass is 9.98. The van der Waals surface area contributed by atoms with E-state index in [1.54, 1.807) is 18.2 Å². The third-order valence-corrected chi connectivity index (χ3v) is 4.78. The summed E-state index contributed by atoms with van der Waals surface area (Å²) in [5, 5.41) is 5.70. The Bertz CT molecular complexity index is 815. The fraction of sp³-hybridized carbons (Fsp3) is 0.364. The van der Waals surface area contributed by atoms with Crippen molar-refractivity contribution in [1.29, 1.82) is 0 Å². The molecule has 27 heavy (non-hydrogen) atoms. The minimum atomic E-state index is -0.236. The largest absolute Gasteiger partial charge is 0.483 e. The van der Waals surface area contributed by atoms with Crippen LogP contribution in [0.3, 0.4) is 0 Å². The van der Waals surface area contributed by atoms with Crippen molar-refractivity contribution in [2.24, 2.45) is 5.92 Å². The minimum Gasteiger partial charge on any atom is -0.483 e. The minimum absolute atomic E-state index is 0.0449. The normalized spacial score (nSPS) is 14.3. The number of anilines is 2. The number of hydrogen-bond donors (Lipinski definition) is 2. The van der Waals surface area contributed by atoms with E-state index in [1.165, 1.54) is 0 Å². The van der Waals surface area contributed by atoms with Crippen LogP contribution < -0.4 is 15.4 Å². The van der Waals surface area contributed by atoms with Gasteiger partial charge in [0.05, 0.1) is 0 Å². The summed E-state index contributed by atoms with van der Waals surface area (Å²) < 4.78 is 5.75. The van der Waals surface area contributed by atoms with Crippen LogP contribution in [0.15, 0.2) is 48.5 Å². The lowest BCUT2D eigenvalue weighted by molar-refractivity contribution is -0.118. The van der Waals surface area contributed by atoms with Gasteiger partial charge in [0.1, 0.15) is 5.75 Å². The van der Waals surface area contributed by atoms with E-state index in [1.807, 2.05) is 30.3 Å². The zero-order valence-electron chi connectivity index (χ0n) is 15.8. The molecule has 0 radical (unpaired) electrons. The van der Waals surface area contributed by atoms with Crippen molar-refractivity contribution in [2.75, 3.05) is 17.2 Å². The fourth-order valence-corrected chi connectivity index (χ4v) is 2.84. The van der Waals surface area contributed by atoms with E-state index < -0.39 is 0 Å². The molecule has 1 unspecified atom stereocenters. The zero-order valence-corrected chi connectivity index (χ0v) is 15.8. The second-order valence-corrected chi connectivity index (χ2v) is 7.03. The van der Waals surface area contributed by atoms with E-state index in [-0.39, 0.29) is 24.3 Å². The van der Waals surface area contributed by atoms with Gasteiger partial charge in [-0.2, -0.15) is 0 Å². The van der Waals surface area contributed by atoms with Crippen molar-refractivity contribution in [3.05, 3.63) is 54.1 Å².